The first-order valence-corrected chi connectivity index (χ1v) is 5.95. The van der Waals surface area contributed by atoms with Gasteiger partial charge in [-0.15, -0.1) is 0 Å². The van der Waals surface area contributed by atoms with Crippen molar-refractivity contribution in [2.75, 3.05) is 13.7 Å². The maximum absolute atomic E-state index is 12.7. The van der Waals surface area contributed by atoms with Crippen LogP contribution in [0.5, 0.6) is 5.75 Å². The topological polar surface area (TPSA) is 48.4 Å². The number of esters is 1. The van der Waals surface area contributed by atoms with Gasteiger partial charge in [-0.2, -0.15) is 0 Å². The van der Waals surface area contributed by atoms with Crippen LogP contribution in [-0.4, -0.2) is 24.7 Å². The van der Waals surface area contributed by atoms with E-state index in [1.165, 1.54) is 7.11 Å². The Balaban J connectivity index is 3.05. The van der Waals surface area contributed by atoms with E-state index in [0.717, 1.165) is 6.20 Å². The number of hydrogen-bond acceptors (Lipinski definition) is 4. The molecule has 0 saturated heterocycles. The summed E-state index contributed by atoms with van der Waals surface area (Å²) < 4.78 is 35.3. The van der Waals surface area contributed by atoms with E-state index in [9.17, 15) is 13.6 Å². The smallest absolute Gasteiger partial charge is 0.311 e. The largest absolute Gasteiger partial charge is 0.495 e. The van der Waals surface area contributed by atoms with Crippen molar-refractivity contribution in [1.82, 2.24) is 4.98 Å². The van der Waals surface area contributed by atoms with Gasteiger partial charge in [-0.05, 0) is 22.9 Å². The van der Waals surface area contributed by atoms with Crippen molar-refractivity contribution in [3.63, 3.8) is 0 Å². The minimum Gasteiger partial charge on any atom is -0.495 e. The van der Waals surface area contributed by atoms with Crippen molar-refractivity contribution >= 4 is 21.9 Å². The van der Waals surface area contributed by atoms with E-state index in [1.807, 2.05) is 0 Å². The van der Waals surface area contributed by atoms with E-state index in [4.69, 9.17) is 9.47 Å². The molecule has 0 saturated carbocycles. The summed E-state index contributed by atoms with van der Waals surface area (Å²) in [6, 6.07) is 0. The van der Waals surface area contributed by atoms with Crippen LogP contribution in [0.25, 0.3) is 0 Å². The van der Waals surface area contributed by atoms with Crippen molar-refractivity contribution in [2.45, 2.75) is 19.8 Å². The molecular formula is C11H12BrF2NO3. The highest BCUT2D eigenvalue weighted by Crippen LogP contribution is 2.36. The minimum absolute atomic E-state index is 0.0145. The van der Waals surface area contributed by atoms with Gasteiger partial charge in [-0.3, -0.25) is 9.78 Å². The predicted octanol–water partition coefficient (Wildman–Crippen LogP) is 2.90. The summed E-state index contributed by atoms with van der Waals surface area (Å²) in [5, 5.41) is 0. The molecule has 0 bridgehead atoms. The van der Waals surface area contributed by atoms with Crippen LogP contribution in [0.3, 0.4) is 0 Å². The summed E-state index contributed by atoms with van der Waals surface area (Å²) in [5.74, 6) is -0.489. The fourth-order valence-corrected chi connectivity index (χ4v) is 1.99. The number of halogens is 3. The average Bonchev–Trinajstić information content (AvgIpc) is 2.31. The van der Waals surface area contributed by atoms with E-state index in [-0.39, 0.29) is 28.8 Å². The van der Waals surface area contributed by atoms with Gasteiger partial charge < -0.3 is 9.47 Å². The lowest BCUT2D eigenvalue weighted by molar-refractivity contribution is -0.142. The van der Waals surface area contributed by atoms with Crippen LogP contribution in [0, 0.1) is 0 Å². The van der Waals surface area contributed by atoms with E-state index in [0.29, 0.717) is 5.69 Å². The molecule has 0 unspecified atom stereocenters. The molecule has 0 radical (unpaired) electrons. The number of methoxy groups -OCH3 is 1. The fraction of sp³-hybridized carbons (Fsp3) is 0.455. The second kappa shape index (κ2) is 6.63. The van der Waals surface area contributed by atoms with E-state index < -0.39 is 12.4 Å². The highest BCUT2D eigenvalue weighted by molar-refractivity contribution is 9.10. The summed E-state index contributed by atoms with van der Waals surface area (Å²) in [4.78, 5) is 15.1. The molecule has 1 rings (SSSR count). The first-order valence-electron chi connectivity index (χ1n) is 5.16. The Bertz CT molecular complexity index is 441. The lowest BCUT2D eigenvalue weighted by atomic mass is 10.2. The molecule has 7 heteroatoms. The monoisotopic (exact) mass is 323 g/mol. The Morgan fingerprint density at radius 3 is 2.72 bits per heavy atom. The van der Waals surface area contributed by atoms with Gasteiger partial charge in [0.15, 0.2) is 0 Å². The van der Waals surface area contributed by atoms with Crippen LogP contribution < -0.4 is 4.74 Å². The molecule has 18 heavy (non-hydrogen) atoms. The highest BCUT2D eigenvalue weighted by atomic mass is 79.9. The Labute approximate surface area is 111 Å². The molecule has 0 spiro atoms. The number of carbonyl (C=O) groups is 1. The van der Waals surface area contributed by atoms with Crippen LogP contribution >= 0.6 is 15.9 Å². The zero-order valence-corrected chi connectivity index (χ0v) is 11.5. The van der Waals surface area contributed by atoms with Crippen LogP contribution in [0.1, 0.15) is 24.6 Å². The van der Waals surface area contributed by atoms with E-state index in [1.54, 1.807) is 6.92 Å². The summed E-state index contributed by atoms with van der Waals surface area (Å²) in [6.45, 7) is 1.93. The third-order valence-corrected chi connectivity index (χ3v) is 2.95. The molecule has 0 atom stereocenters. The van der Waals surface area contributed by atoms with Gasteiger partial charge in [0.2, 0.25) is 0 Å². The molecule has 1 heterocycles. The second-order valence-electron chi connectivity index (χ2n) is 3.29. The molecule has 1 aromatic heterocycles. The Morgan fingerprint density at radius 2 is 2.22 bits per heavy atom. The van der Waals surface area contributed by atoms with Crippen molar-refractivity contribution in [3.8, 4) is 5.75 Å². The molecule has 0 aliphatic rings. The fourth-order valence-electron chi connectivity index (χ4n) is 1.36. The molecule has 0 fully saturated rings. The predicted molar refractivity (Wildman–Crippen MR) is 63.8 cm³/mol. The third kappa shape index (κ3) is 3.38. The number of alkyl halides is 2. The van der Waals surface area contributed by atoms with Crippen molar-refractivity contribution in [3.05, 3.63) is 21.9 Å². The minimum atomic E-state index is -2.69. The number of aromatic nitrogens is 1. The Hall–Kier alpha value is -1.24. The molecule has 0 aromatic carbocycles. The van der Waals surface area contributed by atoms with Gasteiger partial charge in [-0.25, -0.2) is 8.78 Å². The third-order valence-electron chi connectivity index (χ3n) is 2.13. The van der Waals surface area contributed by atoms with Crippen molar-refractivity contribution < 1.29 is 23.0 Å². The number of ether oxygens (including phenoxy) is 2. The quantitative estimate of drug-likeness (QED) is 0.782. The Morgan fingerprint density at radius 1 is 1.56 bits per heavy atom. The zero-order valence-electron chi connectivity index (χ0n) is 9.87. The first kappa shape index (κ1) is 14.8. The molecule has 0 N–H and O–H groups in total. The zero-order chi connectivity index (χ0) is 13.7. The van der Waals surface area contributed by atoms with Gasteiger partial charge in [0.05, 0.1) is 35.9 Å². The van der Waals surface area contributed by atoms with Crippen LogP contribution in [0.15, 0.2) is 10.7 Å². The highest BCUT2D eigenvalue weighted by Gasteiger charge is 2.21. The first-order chi connectivity index (χ1) is 8.51. The maximum atomic E-state index is 12.7. The standard InChI is InChI=1S/C11H12BrF2NO3/c1-3-18-8(16)4-7-9(12)10(17-2)6(5-15-7)11(13)14/h5,11H,3-4H2,1-2H3. The number of hydrogen-bond donors (Lipinski definition) is 0. The molecule has 0 amide bonds. The van der Waals surface area contributed by atoms with Gasteiger partial charge in [0.1, 0.15) is 5.75 Å². The van der Waals surface area contributed by atoms with Crippen LogP contribution in [-0.2, 0) is 16.0 Å². The number of carbonyl (C=O) groups excluding carboxylic acids is 1. The van der Waals surface area contributed by atoms with E-state index >= 15 is 0 Å². The molecule has 4 nitrogen and oxygen atoms in total. The van der Waals surface area contributed by atoms with Gasteiger partial charge >= 0.3 is 5.97 Å². The second-order valence-corrected chi connectivity index (χ2v) is 4.08. The summed E-state index contributed by atoms with van der Waals surface area (Å²) in [7, 11) is 1.28. The summed E-state index contributed by atoms with van der Waals surface area (Å²) in [5.41, 5.74) is -0.0216. The summed E-state index contributed by atoms with van der Waals surface area (Å²) in [6.07, 6.45) is -1.79. The summed E-state index contributed by atoms with van der Waals surface area (Å²) >= 11 is 3.11. The lowest BCUT2D eigenvalue weighted by Gasteiger charge is -2.12. The molecule has 1 aromatic rings. The number of rotatable bonds is 5. The molecule has 100 valence electrons. The SMILES string of the molecule is CCOC(=O)Cc1ncc(C(F)F)c(OC)c1Br. The maximum Gasteiger partial charge on any atom is 0.311 e. The van der Waals surface area contributed by atoms with Gasteiger partial charge in [-0.1, -0.05) is 0 Å². The van der Waals surface area contributed by atoms with Gasteiger partial charge in [0.25, 0.3) is 6.43 Å². The van der Waals surface area contributed by atoms with E-state index in [2.05, 4.69) is 20.9 Å². The lowest BCUT2D eigenvalue weighted by Crippen LogP contribution is -2.10. The number of pyridine rings is 1. The van der Waals surface area contributed by atoms with Gasteiger partial charge in [0, 0.05) is 6.20 Å². The van der Waals surface area contributed by atoms with Crippen molar-refractivity contribution in [1.29, 1.82) is 0 Å². The molecular weight excluding hydrogens is 312 g/mol. The normalized spacial score (nSPS) is 10.6. The van der Waals surface area contributed by atoms with Crippen molar-refractivity contribution in [2.24, 2.45) is 0 Å². The Kier molecular flexibility index (Phi) is 5.46. The van der Waals surface area contributed by atoms with Crippen LogP contribution in [0.4, 0.5) is 8.78 Å². The average molecular weight is 324 g/mol. The molecule has 0 aliphatic heterocycles. The molecule has 0 aliphatic carbocycles. The number of nitrogens with zero attached hydrogens (tertiary/aromatic N) is 1. The van der Waals surface area contributed by atoms with Crippen LogP contribution in [0.2, 0.25) is 0 Å².